The van der Waals surface area contributed by atoms with Crippen LogP contribution < -0.4 is 10.1 Å². The van der Waals surface area contributed by atoms with E-state index in [2.05, 4.69) is 15.5 Å². The Labute approximate surface area is 188 Å². The van der Waals surface area contributed by atoms with E-state index in [0.29, 0.717) is 44.1 Å². The van der Waals surface area contributed by atoms with Gasteiger partial charge in [-0.25, -0.2) is 0 Å². The molecule has 172 valence electrons. The number of hydrogen-bond acceptors (Lipinski definition) is 6. The molecule has 1 aliphatic heterocycles. The van der Waals surface area contributed by atoms with Crippen LogP contribution in [-0.2, 0) is 21.4 Å². The number of nitrogens with one attached hydrogen (secondary N) is 1. The van der Waals surface area contributed by atoms with Gasteiger partial charge in [0.2, 0.25) is 17.7 Å². The van der Waals surface area contributed by atoms with Crippen molar-refractivity contribution in [1.82, 2.24) is 20.4 Å². The zero-order valence-corrected chi connectivity index (χ0v) is 19.3. The van der Waals surface area contributed by atoms with E-state index in [1.54, 1.807) is 14.0 Å². The molecule has 1 aromatic heterocycles. The van der Waals surface area contributed by atoms with Gasteiger partial charge in [-0.15, -0.1) is 0 Å². The monoisotopic (exact) mass is 440 g/mol. The summed E-state index contributed by atoms with van der Waals surface area (Å²) in [5.74, 6) is 2.32. The van der Waals surface area contributed by atoms with Gasteiger partial charge in [-0.05, 0) is 49.8 Å². The molecule has 4 rings (SSSR count). The van der Waals surface area contributed by atoms with Crippen LogP contribution in [0.2, 0.25) is 0 Å². The fourth-order valence-corrected chi connectivity index (χ4v) is 5.19. The van der Waals surface area contributed by atoms with E-state index in [9.17, 15) is 9.59 Å². The third kappa shape index (κ3) is 4.36. The average Bonchev–Trinajstić information content (AvgIpc) is 3.44. The lowest BCUT2D eigenvalue weighted by Gasteiger charge is -2.26. The number of methoxy groups -OCH3 is 1. The second-order valence-electron chi connectivity index (χ2n) is 9.43. The van der Waals surface area contributed by atoms with Crippen molar-refractivity contribution in [2.45, 2.75) is 57.9 Å². The number of nitrogens with zero attached hydrogens (tertiary/aromatic N) is 3. The van der Waals surface area contributed by atoms with Crippen molar-refractivity contribution in [3.8, 4) is 5.75 Å². The van der Waals surface area contributed by atoms with Gasteiger partial charge in [0.05, 0.1) is 12.5 Å². The Kier molecular flexibility index (Phi) is 6.22. The normalized spacial score (nSPS) is 24.6. The Bertz CT molecular complexity index is 971. The Balaban J connectivity index is 1.40. The molecule has 2 aromatic rings. The molecule has 3 atom stereocenters. The van der Waals surface area contributed by atoms with Gasteiger partial charge in [-0.2, -0.15) is 4.98 Å². The van der Waals surface area contributed by atoms with Crippen LogP contribution >= 0.6 is 0 Å². The predicted octanol–water partition coefficient (Wildman–Crippen LogP) is 2.65. The highest BCUT2D eigenvalue weighted by Gasteiger charge is 2.58. The molecule has 0 spiro atoms. The van der Waals surface area contributed by atoms with Gasteiger partial charge in [-0.1, -0.05) is 31.1 Å². The molecule has 8 heteroatoms. The molecule has 2 heterocycles. The van der Waals surface area contributed by atoms with E-state index in [1.807, 2.05) is 43.0 Å². The van der Waals surface area contributed by atoms with Crippen molar-refractivity contribution >= 4 is 11.8 Å². The standard InChI is InChI=1S/C24H32N4O4/c1-15(2)22(30)28-13-18-11-19(12-24(18,14-28)23-25-16(3)27-32-23)26-21(29)10-7-17-5-8-20(31-4)9-6-17/h5-6,8-9,15,18-19H,7,10-14H2,1-4H3,(H,26,29)/t18-,19+,24-/m0/s1. The van der Waals surface area contributed by atoms with Crippen LogP contribution in [0.5, 0.6) is 5.75 Å². The molecule has 1 saturated heterocycles. The number of aryl methyl sites for hydroxylation is 2. The molecule has 1 aromatic carbocycles. The summed E-state index contributed by atoms with van der Waals surface area (Å²) in [6.45, 7) is 6.88. The van der Waals surface area contributed by atoms with E-state index in [0.717, 1.165) is 17.7 Å². The molecule has 0 bridgehead atoms. The number of carbonyl (C=O) groups excluding carboxylic acids is 2. The Morgan fingerprint density at radius 1 is 1.31 bits per heavy atom. The maximum atomic E-state index is 12.7. The molecule has 0 radical (unpaired) electrons. The molecule has 1 N–H and O–H groups in total. The smallest absolute Gasteiger partial charge is 0.235 e. The van der Waals surface area contributed by atoms with Crippen LogP contribution in [0.1, 0.15) is 50.4 Å². The fourth-order valence-electron chi connectivity index (χ4n) is 5.19. The topological polar surface area (TPSA) is 97.6 Å². The molecule has 8 nitrogen and oxygen atoms in total. The number of likely N-dealkylation sites (tertiary alicyclic amines) is 1. The zero-order chi connectivity index (χ0) is 22.9. The van der Waals surface area contributed by atoms with Crippen LogP contribution in [0.25, 0.3) is 0 Å². The highest BCUT2D eigenvalue weighted by molar-refractivity contribution is 5.79. The number of carbonyl (C=O) groups is 2. The molecular weight excluding hydrogens is 408 g/mol. The van der Waals surface area contributed by atoms with Crippen molar-refractivity contribution < 1.29 is 18.8 Å². The lowest BCUT2D eigenvalue weighted by atomic mass is 9.80. The molecule has 1 aliphatic carbocycles. The van der Waals surface area contributed by atoms with Gasteiger partial charge in [0.25, 0.3) is 0 Å². The summed E-state index contributed by atoms with van der Waals surface area (Å²) in [6.07, 6.45) is 2.61. The second kappa shape index (κ2) is 8.92. The van der Waals surface area contributed by atoms with E-state index in [-0.39, 0.29) is 35.1 Å². The Hall–Kier alpha value is -2.90. The summed E-state index contributed by atoms with van der Waals surface area (Å²) in [5, 5.41) is 7.21. The Morgan fingerprint density at radius 2 is 2.06 bits per heavy atom. The van der Waals surface area contributed by atoms with E-state index in [1.165, 1.54) is 0 Å². The molecular formula is C24H32N4O4. The van der Waals surface area contributed by atoms with Crippen molar-refractivity contribution in [1.29, 1.82) is 0 Å². The lowest BCUT2D eigenvalue weighted by molar-refractivity contribution is -0.134. The molecule has 1 saturated carbocycles. The van der Waals surface area contributed by atoms with Crippen LogP contribution in [0.15, 0.2) is 28.8 Å². The number of ether oxygens (including phenoxy) is 1. The third-order valence-electron chi connectivity index (χ3n) is 6.80. The van der Waals surface area contributed by atoms with E-state index >= 15 is 0 Å². The van der Waals surface area contributed by atoms with Crippen molar-refractivity contribution in [3.05, 3.63) is 41.5 Å². The minimum absolute atomic E-state index is 0.0341. The van der Waals surface area contributed by atoms with Crippen LogP contribution in [0, 0.1) is 18.8 Å². The second-order valence-corrected chi connectivity index (χ2v) is 9.43. The van der Waals surface area contributed by atoms with Crippen molar-refractivity contribution in [3.63, 3.8) is 0 Å². The van der Waals surface area contributed by atoms with Crippen molar-refractivity contribution in [2.24, 2.45) is 11.8 Å². The van der Waals surface area contributed by atoms with E-state index in [4.69, 9.17) is 9.26 Å². The largest absolute Gasteiger partial charge is 0.497 e. The van der Waals surface area contributed by atoms with Crippen molar-refractivity contribution in [2.75, 3.05) is 20.2 Å². The maximum absolute atomic E-state index is 12.7. The summed E-state index contributed by atoms with van der Waals surface area (Å²) in [5.41, 5.74) is 0.713. The van der Waals surface area contributed by atoms with Gasteiger partial charge in [-0.3, -0.25) is 9.59 Å². The predicted molar refractivity (Wildman–Crippen MR) is 118 cm³/mol. The molecule has 0 unspecified atom stereocenters. The summed E-state index contributed by atoms with van der Waals surface area (Å²) in [4.78, 5) is 31.8. The van der Waals surface area contributed by atoms with Gasteiger partial charge in [0, 0.05) is 31.5 Å². The minimum atomic E-state index is -0.389. The highest BCUT2D eigenvalue weighted by atomic mass is 16.5. The summed E-state index contributed by atoms with van der Waals surface area (Å²) < 4.78 is 10.8. The first-order valence-corrected chi connectivity index (χ1v) is 11.3. The van der Waals surface area contributed by atoms with Gasteiger partial charge in [0.15, 0.2) is 5.82 Å². The number of hydrogen-bond donors (Lipinski definition) is 1. The van der Waals surface area contributed by atoms with Crippen LogP contribution in [-0.4, -0.2) is 53.1 Å². The molecule has 2 amide bonds. The molecule has 2 aliphatic rings. The lowest BCUT2D eigenvalue weighted by Crippen LogP contribution is -2.40. The summed E-state index contributed by atoms with van der Waals surface area (Å²) in [7, 11) is 1.64. The SMILES string of the molecule is COc1ccc(CCC(=O)N[C@@H]2C[C@H]3CN(C(=O)C(C)C)C[C@@]3(c3nc(C)no3)C2)cc1. The molecule has 32 heavy (non-hydrogen) atoms. The fraction of sp³-hybridized carbons (Fsp3) is 0.583. The third-order valence-corrected chi connectivity index (χ3v) is 6.80. The summed E-state index contributed by atoms with van der Waals surface area (Å²) >= 11 is 0. The zero-order valence-electron chi connectivity index (χ0n) is 19.3. The number of amides is 2. The quantitative estimate of drug-likeness (QED) is 0.711. The maximum Gasteiger partial charge on any atom is 0.235 e. The summed E-state index contributed by atoms with van der Waals surface area (Å²) in [6, 6.07) is 7.82. The van der Waals surface area contributed by atoms with E-state index < -0.39 is 0 Å². The number of benzene rings is 1. The molecule has 2 fully saturated rings. The van der Waals surface area contributed by atoms with Gasteiger partial charge >= 0.3 is 0 Å². The van der Waals surface area contributed by atoms with Crippen LogP contribution in [0.4, 0.5) is 0 Å². The first-order valence-electron chi connectivity index (χ1n) is 11.3. The number of aromatic nitrogens is 2. The van der Waals surface area contributed by atoms with Crippen LogP contribution in [0.3, 0.4) is 0 Å². The average molecular weight is 441 g/mol. The first-order chi connectivity index (χ1) is 15.3. The Morgan fingerprint density at radius 3 is 2.69 bits per heavy atom. The number of rotatable bonds is 7. The van der Waals surface area contributed by atoms with Gasteiger partial charge < -0.3 is 19.5 Å². The first kappa shape index (κ1) is 22.3. The van der Waals surface area contributed by atoms with Gasteiger partial charge in [0.1, 0.15) is 5.75 Å². The minimum Gasteiger partial charge on any atom is -0.497 e. The highest BCUT2D eigenvalue weighted by Crippen LogP contribution is 2.50. The number of fused-ring (bicyclic) bond motifs is 1.